The number of urea groups is 1. The topological polar surface area (TPSA) is 70.1 Å². The second kappa shape index (κ2) is 5.90. The van der Waals surface area contributed by atoms with Gasteiger partial charge in [-0.05, 0) is 6.92 Å². The van der Waals surface area contributed by atoms with Gasteiger partial charge < -0.3 is 19.6 Å². The van der Waals surface area contributed by atoms with Crippen LogP contribution >= 0.6 is 0 Å². The predicted octanol–water partition coefficient (Wildman–Crippen LogP) is 0.693. The Morgan fingerprint density at radius 3 is 2.25 bits per heavy atom. The molecule has 1 fully saturated rings. The van der Waals surface area contributed by atoms with Crippen molar-refractivity contribution in [3.63, 3.8) is 0 Å². The minimum atomic E-state index is -3.98. The Balaban J connectivity index is 2.75. The largest absolute Gasteiger partial charge is 0.461 e. The lowest BCUT2D eigenvalue weighted by Gasteiger charge is -2.41. The summed E-state index contributed by atoms with van der Waals surface area (Å²) in [5, 5.41) is 10.0. The molecule has 2 amide bonds. The first-order chi connectivity index (χ1) is 9.15. The van der Waals surface area contributed by atoms with Gasteiger partial charge in [0.05, 0.1) is 6.61 Å². The van der Waals surface area contributed by atoms with E-state index in [1.165, 1.54) is 16.7 Å². The van der Waals surface area contributed by atoms with Crippen LogP contribution in [0.4, 0.5) is 13.6 Å². The number of nitrogens with zero attached hydrogens (tertiary/aromatic N) is 2. The van der Waals surface area contributed by atoms with Crippen LogP contribution in [0.15, 0.2) is 0 Å². The van der Waals surface area contributed by atoms with Crippen LogP contribution in [0.5, 0.6) is 0 Å². The fraction of sp³-hybridized carbons (Fsp3) is 0.833. The average Bonchev–Trinajstić information content (AvgIpc) is 2.38. The fourth-order valence-corrected chi connectivity index (χ4v) is 2.08. The molecule has 0 radical (unpaired) electrons. The summed E-state index contributed by atoms with van der Waals surface area (Å²) in [5.41, 5.74) is -2.47. The highest BCUT2D eigenvalue weighted by molar-refractivity contribution is 5.79. The molecule has 0 saturated carbocycles. The SMILES string of the molecule is CCOC(=O)C(F)(F)C1(O)CCN(C(=O)N(C)C)CC1. The minimum Gasteiger partial charge on any atom is -0.461 e. The van der Waals surface area contributed by atoms with Gasteiger partial charge in [-0.2, -0.15) is 8.78 Å². The molecular formula is C12H20F2N2O4. The fourth-order valence-electron chi connectivity index (χ4n) is 2.08. The Bertz CT molecular complexity index is 380. The van der Waals surface area contributed by atoms with Crippen LogP contribution in [0, 0.1) is 0 Å². The van der Waals surface area contributed by atoms with Crippen molar-refractivity contribution in [2.24, 2.45) is 0 Å². The quantitative estimate of drug-likeness (QED) is 0.778. The summed E-state index contributed by atoms with van der Waals surface area (Å²) in [6.07, 6.45) is -0.753. The van der Waals surface area contributed by atoms with Crippen LogP contribution < -0.4 is 0 Å². The number of esters is 1. The van der Waals surface area contributed by atoms with Gasteiger partial charge >= 0.3 is 17.9 Å². The first-order valence-electron chi connectivity index (χ1n) is 6.39. The van der Waals surface area contributed by atoms with Gasteiger partial charge in [-0.3, -0.25) is 0 Å². The molecule has 0 aliphatic carbocycles. The van der Waals surface area contributed by atoms with Gasteiger partial charge in [0.25, 0.3) is 0 Å². The standard InChI is InChI=1S/C12H20F2N2O4/c1-4-20-9(17)12(13,14)11(19)5-7-16(8-6-11)10(18)15(2)3/h19H,4-8H2,1-3H3. The molecule has 0 aromatic carbocycles. The van der Waals surface area contributed by atoms with Crippen molar-refractivity contribution >= 4 is 12.0 Å². The second-order valence-electron chi connectivity index (χ2n) is 4.99. The van der Waals surface area contributed by atoms with Gasteiger partial charge in [0.1, 0.15) is 5.60 Å². The maximum absolute atomic E-state index is 13.9. The smallest absolute Gasteiger partial charge is 0.380 e. The Morgan fingerprint density at radius 2 is 1.85 bits per heavy atom. The van der Waals surface area contributed by atoms with Crippen molar-refractivity contribution in [1.82, 2.24) is 9.80 Å². The summed E-state index contributed by atoms with van der Waals surface area (Å²) in [6.45, 7) is 1.15. The number of alkyl halides is 2. The van der Waals surface area contributed by atoms with Crippen molar-refractivity contribution < 1.29 is 28.2 Å². The molecule has 1 N–H and O–H groups in total. The van der Waals surface area contributed by atoms with Crippen LogP contribution in [-0.4, -0.2) is 72.2 Å². The van der Waals surface area contributed by atoms with Crippen molar-refractivity contribution in [1.29, 1.82) is 0 Å². The summed E-state index contributed by atoms with van der Waals surface area (Å²) in [6, 6.07) is -0.313. The van der Waals surface area contributed by atoms with Gasteiger partial charge in [0, 0.05) is 40.0 Å². The van der Waals surface area contributed by atoms with Crippen LogP contribution in [0.3, 0.4) is 0 Å². The minimum absolute atomic E-state index is 0.0392. The molecule has 1 heterocycles. The molecule has 20 heavy (non-hydrogen) atoms. The summed E-state index contributed by atoms with van der Waals surface area (Å²) in [5.74, 6) is -5.70. The summed E-state index contributed by atoms with van der Waals surface area (Å²) >= 11 is 0. The number of hydrogen-bond acceptors (Lipinski definition) is 4. The molecule has 1 aliphatic heterocycles. The maximum atomic E-state index is 13.9. The van der Waals surface area contributed by atoms with Gasteiger partial charge in [0.2, 0.25) is 0 Å². The molecule has 1 aliphatic rings. The van der Waals surface area contributed by atoms with Crippen molar-refractivity contribution in [3.05, 3.63) is 0 Å². The average molecular weight is 294 g/mol. The van der Waals surface area contributed by atoms with E-state index in [9.17, 15) is 23.5 Å². The number of likely N-dealkylation sites (tertiary alicyclic amines) is 1. The molecule has 0 bridgehead atoms. The van der Waals surface area contributed by atoms with Crippen molar-refractivity contribution in [3.8, 4) is 0 Å². The van der Waals surface area contributed by atoms with E-state index in [1.54, 1.807) is 14.1 Å². The number of halogens is 2. The number of amides is 2. The molecule has 6 nitrogen and oxygen atoms in total. The zero-order valence-electron chi connectivity index (χ0n) is 11.9. The molecule has 8 heteroatoms. The highest BCUT2D eigenvalue weighted by atomic mass is 19.3. The van der Waals surface area contributed by atoms with Crippen LogP contribution in [-0.2, 0) is 9.53 Å². The van der Waals surface area contributed by atoms with Crippen LogP contribution in [0.2, 0.25) is 0 Å². The Kier molecular flexibility index (Phi) is 4.90. The molecule has 0 atom stereocenters. The highest BCUT2D eigenvalue weighted by Crippen LogP contribution is 2.38. The number of carbonyl (C=O) groups excluding carboxylic acids is 2. The Morgan fingerprint density at radius 1 is 1.35 bits per heavy atom. The van der Waals surface area contributed by atoms with E-state index in [4.69, 9.17) is 0 Å². The summed E-state index contributed by atoms with van der Waals surface area (Å²) < 4.78 is 32.1. The van der Waals surface area contributed by atoms with E-state index >= 15 is 0 Å². The number of piperidine rings is 1. The third kappa shape index (κ3) is 3.00. The lowest BCUT2D eigenvalue weighted by Crippen LogP contribution is -2.60. The molecule has 0 unspecified atom stereocenters. The van der Waals surface area contributed by atoms with Gasteiger partial charge in [0.15, 0.2) is 0 Å². The first kappa shape index (κ1) is 16.6. The number of hydrogen-bond donors (Lipinski definition) is 1. The van der Waals surface area contributed by atoms with E-state index in [1.807, 2.05) is 0 Å². The van der Waals surface area contributed by atoms with Crippen LogP contribution in [0.25, 0.3) is 0 Å². The first-order valence-corrected chi connectivity index (χ1v) is 6.39. The normalized spacial score (nSPS) is 18.6. The van der Waals surface area contributed by atoms with E-state index in [0.717, 1.165) is 0 Å². The maximum Gasteiger partial charge on any atom is 0.380 e. The zero-order valence-corrected chi connectivity index (χ0v) is 11.9. The molecule has 0 aromatic heterocycles. The number of rotatable bonds is 3. The van der Waals surface area contributed by atoms with Crippen LogP contribution in [0.1, 0.15) is 19.8 Å². The van der Waals surface area contributed by atoms with Crippen molar-refractivity contribution in [2.75, 3.05) is 33.8 Å². The van der Waals surface area contributed by atoms with Gasteiger partial charge in [-0.1, -0.05) is 0 Å². The lowest BCUT2D eigenvalue weighted by molar-refractivity contribution is -0.221. The Hall–Kier alpha value is -1.44. The van der Waals surface area contributed by atoms with Crippen molar-refractivity contribution in [2.45, 2.75) is 31.3 Å². The monoisotopic (exact) mass is 294 g/mol. The van der Waals surface area contributed by atoms with E-state index in [-0.39, 0.29) is 38.6 Å². The third-order valence-electron chi connectivity index (χ3n) is 3.36. The molecule has 0 aromatic rings. The van der Waals surface area contributed by atoms with E-state index in [0.29, 0.717) is 0 Å². The molecular weight excluding hydrogens is 274 g/mol. The van der Waals surface area contributed by atoms with E-state index in [2.05, 4.69) is 4.74 Å². The van der Waals surface area contributed by atoms with E-state index < -0.39 is 17.5 Å². The molecule has 1 saturated heterocycles. The Labute approximate surface area is 116 Å². The lowest BCUT2D eigenvalue weighted by atomic mass is 9.85. The highest BCUT2D eigenvalue weighted by Gasteiger charge is 2.60. The third-order valence-corrected chi connectivity index (χ3v) is 3.36. The number of ether oxygens (including phenoxy) is 1. The van der Waals surface area contributed by atoms with Gasteiger partial charge in [-0.15, -0.1) is 0 Å². The number of aliphatic hydroxyl groups is 1. The van der Waals surface area contributed by atoms with Gasteiger partial charge in [-0.25, -0.2) is 9.59 Å². The summed E-state index contributed by atoms with van der Waals surface area (Å²) in [7, 11) is 3.10. The summed E-state index contributed by atoms with van der Waals surface area (Å²) in [4.78, 5) is 25.6. The molecule has 1 rings (SSSR count). The predicted molar refractivity (Wildman–Crippen MR) is 66.4 cm³/mol. The second-order valence-corrected chi connectivity index (χ2v) is 4.99. The molecule has 116 valence electrons. The number of carbonyl (C=O) groups is 2. The molecule has 0 spiro atoms. The zero-order chi connectivity index (χ0) is 15.6.